The van der Waals surface area contributed by atoms with Crippen LogP contribution >= 0.6 is 11.3 Å². The van der Waals surface area contributed by atoms with Crippen LogP contribution in [0.2, 0.25) is 0 Å². The van der Waals surface area contributed by atoms with E-state index in [0.717, 1.165) is 16.9 Å². The van der Waals surface area contributed by atoms with Crippen LogP contribution in [0.15, 0.2) is 83.9 Å². The molecule has 1 N–H and O–H groups in total. The number of thiazole rings is 1. The van der Waals surface area contributed by atoms with Gasteiger partial charge in [0.05, 0.1) is 17.3 Å². The lowest BCUT2D eigenvalue weighted by molar-refractivity contribution is -0.111. The highest BCUT2D eigenvalue weighted by atomic mass is 32.1. The molecule has 0 fully saturated rings. The Kier molecular flexibility index (Phi) is 6.43. The molecular weight excluding hydrogens is 436 g/mol. The van der Waals surface area contributed by atoms with E-state index >= 15 is 0 Å². The molecule has 8 heteroatoms. The molecule has 0 saturated heterocycles. The number of amides is 1. The predicted molar refractivity (Wildman–Crippen MR) is 128 cm³/mol. The van der Waals surface area contributed by atoms with Crippen molar-refractivity contribution in [1.82, 2.24) is 9.55 Å². The van der Waals surface area contributed by atoms with Gasteiger partial charge in [-0.2, -0.15) is 5.26 Å². The fourth-order valence-corrected chi connectivity index (χ4v) is 4.24. The van der Waals surface area contributed by atoms with E-state index in [1.54, 1.807) is 86.2 Å². The Labute approximate surface area is 193 Å². The molecule has 7 nitrogen and oxygen atoms in total. The summed E-state index contributed by atoms with van der Waals surface area (Å²) in [5.41, 5.74) is 1.38. The van der Waals surface area contributed by atoms with Crippen LogP contribution in [0, 0.1) is 11.3 Å². The molecule has 0 atom stereocenters. The topological polar surface area (TPSA) is 97.0 Å². The van der Waals surface area contributed by atoms with E-state index < -0.39 is 5.91 Å². The number of methoxy groups -OCH3 is 1. The molecule has 0 unspecified atom stereocenters. The van der Waals surface area contributed by atoms with Crippen LogP contribution in [0.1, 0.15) is 5.56 Å². The first-order chi connectivity index (χ1) is 16.1. The second-order valence-electron chi connectivity index (χ2n) is 6.84. The number of ether oxygens (including phenoxy) is 1. The Morgan fingerprint density at radius 2 is 1.79 bits per heavy atom. The largest absolute Gasteiger partial charge is 0.497 e. The number of aromatic nitrogens is 2. The van der Waals surface area contributed by atoms with Gasteiger partial charge in [0.1, 0.15) is 16.5 Å². The first kappa shape index (κ1) is 21.7. The molecule has 0 spiro atoms. The number of benzene rings is 2. The standard InChI is InChI=1S/C25H18N4O3S/c1-32-20-9-7-18(8-10-20)28-23(30)21(16-26)25-29(19-5-3-2-4-6-19)24(31)22(33-25)15-17-11-13-27-14-12-17/h2-15H,1H3,(H,28,30)/b22-15+,25-21+. The van der Waals surface area contributed by atoms with Crippen molar-refractivity contribution in [2.24, 2.45) is 0 Å². The summed E-state index contributed by atoms with van der Waals surface area (Å²) in [6.07, 6.45) is 4.98. The summed E-state index contributed by atoms with van der Waals surface area (Å²) in [7, 11) is 1.55. The molecule has 4 aromatic rings. The van der Waals surface area contributed by atoms with E-state index in [-0.39, 0.29) is 15.8 Å². The van der Waals surface area contributed by atoms with E-state index in [1.807, 2.05) is 12.1 Å². The third-order valence-electron chi connectivity index (χ3n) is 4.74. The number of carbonyl (C=O) groups is 1. The quantitative estimate of drug-likeness (QED) is 0.500. The summed E-state index contributed by atoms with van der Waals surface area (Å²) in [6, 6.07) is 21.2. The number of hydrogen-bond acceptors (Lipinski definition) is 6. The third-order valence-corrected chi connectivity index (χ3v) is 5.83. The Morgan fingerprint density at radius 3 is 2.42 bits per heavy atom. The molecule has 162 valence electrons. The highest BCUT2D eigenvalue weighted by molar-refractivity contribution is 7.07. The maximum atomic E-state index is 13.3. The molecule has 0 saturated carbocycles. The lowest BCUT2D eigenvalue weighted by Gasteiger charge is -2.06. The van der Waals surface area contributed by atoms with Gasteiger partial charge in [0, 0.05) is 18.1 Å². The van der Waals surface area contributed by atoms with Crippen LogP contribution in [0.25, 0.3) is 17.3 Å². The zero-order valence-corrected chi connectivity index (χ0v) is 18.4. The van der Waals surface area contributed by atoms with Crippen LogP contribution in [0.5, 0.6) is 5.75 Å². The first-order valence-corrected chi connectivity index (χ1v) is 10.7. The Bertz CT molecular complexity index is 1500. The Hall–Kier alpha value is -4.48. The van der Waals surface area contributed by atoms with E-state index in [4.69, 9.17) is 4.74 Å². The van der Waals surface area contributed by atoms with Crippen LogP contribution in [0.4, 0.5) is 5.69 Å². The summed E-state index contributed by atoms with van der Waals surface area (Å²) < 4.78 is 7.16. The van der Waals surface area contributed by atoms with Gasteiger partial charge in [-0.15, -0.1) is 11.3 Å². The minimum Gasteiger partial charge on any atom is -0.497 e. The molecule has 0 aliphatic heterocycles. The van der Waals surface area contributed by atoms with Gasteiger partial charge in [-0.05, 0) is 60.2 Å². The van der Waals surface area contributed by atoms with Crippen molar-refractivity contribution < 1.29 is 9.53 Å². The number of nitrogens with zero attached hydrogens (tertiary/aromatic N) is 3. The van der Waals surface area contributed by atoms with Gasteiger partial charge < -0.3 is 10.1 Å². The molecule has 1 amide bonds. The van der Waals surface area contributed by atoms with Gasteiger partial charge in [-0.25, -0.2) is 0 Å². The lowest BCUT2D eigenvalue weighted by Crippen LogP contribution is -2.32. The van der Waals surface area contributed by atoms with Gasteiger partial charge >= 0.3 is 0 Å². The number of rotatable bonds is 5. The SMILES string of the molecule is COc1ccc(NC(=O)/C(C#N)=c2/s/c(=C/c3ccncc3)c(=O)n2-c2ccccc2)cc1. The number of para-hydroxylation sites is 1. The van der Waals surface area contributed by atoms with Gasteiger partial charge in [0.25, 0.3) is 11.5 Å². The molecular formula is C25H18N4O3S. The van der Waals surface area contributed by atoms with Crippen molar-refractivity contribution in [2.45, 2.75) is 0 Å². The highest BCUT2D eigenvalue weighted by Crippen LogP contribution is 2.15. The molecule has 33 heavy (non-hydrogen) atoms. The summed E-state index contributed by atoms with van der Waals surface area (Å²) in [6.45, 7) is 0. The second kappa shape index (κ2) is 9.77. The number of nitriles is 1. The smallest absolute Gasteiger partial charge is 0.273 e. The molecule has 2 aromatic carbocycles. The highest BCUT2D eigenvalue weighted by Gasteiger charge is 2.17. The molecule has 0 radical (unpaired) electrons. The normalized spacial score (nSPS) is 12.1. The van der Waals surface area contributed by atoms with Gasteiger partial charge in [0.2, 0.25) is 0 Å². The van der Waals surface area contributed by atoms with Gasteiger partial charge in [-0.1, -0.05) is 18.2 Å². The van der Waals surface area contributed by atoms with Gasteiger partial charge in [0.15, 0.2) is 5.57 Å². The van der Waals surface area contributed by atoms with Crippen molar-refractivity contribution in [1.29, 1.82) is 5.26 Å². The Balaban J connectivity index is 1.90. The predicted octanol–water partition coefficient (Wildman–Crippen LogP) is 2.44. The molecule has 2 heterocycles. The third kappa shape index (κ3) is 4.74. The fourth-order valence-electron chi connectivity index (χ4n) is 3.14. The van der Waals surface area contributed by atoms with Crippen molar-refractivity contribution >= 4 is 34.6 Å². The minimum absolute atomic E-state index is 0.161. The zero-order chi connectivity index (χ0) is 23.2. The fraction of sp³-hybridized carbons (Fsp3) is 0.0400. The van der Waals surface area contributed by atoms with Crippen molar-refractivity contribution in [2.75, 3.05) is 12.4 Å². The monoisotopic (exact) mass is 454 g/mol. The van der Waals surface area contributed by atoms with Crippen LogP contribution in [-0.4, -0.2) is 22.6 Å². The lowest BCUT2D eigenvalue weighted by atomic mass is 10.2. The number of nitrogens with one attached hydrogen (secondary N) is 1. The number of anilines is 1. The summed E-state index contributed by atoms with van der Waals surface area (Å²) in [4.78, 5) is 30.3. The summed E-state index contributed by atoms with van der Waals surface area (Å²) >= 11 is 1.09. The van der Waals surface area contributed by atoms with Gasteiger partial charge in [-0.3, -0.25) is 19.1 Å². The number of hydrogen-bond donors (Lipinski definition) is 1. The van der Waals surface area contributed by atoms with Crippen LogP contribution in [-0.2, 0) is 4.79 Å². The molecule has 0 aliphatic rings. The summed E-state index contributed by atoms with van der Waals surface area (Å²) in [5.74, 6) is 0.0361. The average molecular weight is 455 g/mol. The maximum absolute atomic E-state index is 13.3. The van der Waals surface area contributed by atoms with Crippen molar-refractivity contribution in [3.8, 4) is 17.5 Å². The van der Waals surface area contributed by atoms with E-state index in [0.29, 0.717) is 21.7 Å². The van der Waals surface area contributed by atoms with Crippen LogP contribution < -0.4 is 24.8 Å². The van der Waals surface area contributed by atoms with E-state index in [2.05, 4.69) is 10.3 Å². The average Bonchev–Trinajstić information content (AvgIpc) is 3.16. The molecule has 2 aromatic heterocycles. The number of carbonyl (C=O) groups excluding carboxylic acids is 1. The minimum atomic E-state index is -0.607. The van der Waals surface area contributed by atoms with E-state index in [9.17, 15) is 14.9 Å². The second-order valence-corrected chi connectivity index (χ2v) is 7.87. The molecule has 0 bridgehead atoms. The van der Waals surface area contributed by atoms with Crippen molar-refractivity contribution in [3.05, 3.63) is 104 Å². The summed E-state index contributed by atoms with van der Waals surface area (Å²) in [5, 5.41) is 12.6. The maximum Gasteiger partial charge on any atom is 0.273 e. The van der Waals surface area contributed by atoms with Crippen LogP contribution in [0.3, 0.4) is 0 Å². The molecule has 0 aliphatic carbocycles. The molecule has 4 rings (SSSR count). The zero-order valence-electron chi connectivity index (χ0n) is 17.6. The number of pyridine rings is 1. The first-order valence-electron chi connectivity index (χ1n) is 9.89. The van der Waals surface area contributed by atoms with Crippen molar-refractivity contribution in [3.63, 3.8) is 0 Å². The Morgan fingerprint density at radius 1 is 1.09 bits per heavy atom. The van der Waals surface area contributed by atoms with E-state index in [1.165, 1.54) is 4.57 Å².